The standard InChI is InChI=1S/C27H28N4O3/c1-31(2)24(19-9-10-25(33-3)26(15-19)34-4)17-29-27(32)21-16-23(18-11-13-28-14-12-18)30-22-8-6-5-7-20(21)22/h5-16,24H,17H2,1-4H3,(H,29,32)/t24-/m0/s1. The van der Waals surface area contributed by atoms with Gasteiger partial charge in [0.05, 0.1) is 37.0 Å². The minimum Gasteiger partial charge on any atom is -0.493 e. The highest BCUT2D eigenvalue weighted by Crippen LogP contribution is 2.31. The molecule has 0 aliphatic carbocycles. The molecule has 0 unspecified atom stereocenters. The topological polar surface area (TPSA) is 76.6 Å². The number of nitrogens with zero attached hydrogens (tertiary/aromatic N) is 3. The molecule has 0 radical (unpaired) electrons. The van der Waals surface area contributed by atoms with Gasteiger partial charge < -0.3 is 19.7 Å². The van der Waals surface area contributed by atoms with Gasteiger partial charge in [-0.15, -0.1) is 0 Å². The number of carbonyl (C=O) groups is 1. The lowest BCUT2D eigenvalue weighted by Crippen LogP contribution is -2.34. The first kappa shape index (κ1) is 23.2. The second-order valence-corrected chi connectivity index (χ2v) is 8.11. The second kappa shape index (κ2) is 10.3. The SMILES string of the molecule is COc1ccc([C@H](CNC(=O)c2cc(-c3ccncc3)nc3ccccc23)N(C)C)cc1OC. The molecular weight excluding hydrogens is 428 g/mol. The van der Waals surface area contributed by atoms with Crippen molar-refractivity contribution in [2.45, 2.75) is 6.04 Å². The Morgan fingerprint density at radius 2 is 1.71 bits per heavy atom. The van der Waals surface area contributed by atoms with Crippen LogP contribution in [0.2, 0.25) is 0 Å². The van der Waals surface area contributed by atoms with Crippen molar-refractivity contribution in [1.29, 1.82) is 0 Å². The van der Waals surface area contributed by atoms with E-state index < -0.39 is 0 Å². The number of amides is 1. The summed E-state index contributed by atoms with van der Waals surface area (Å²) in [4.78, 5) is 24.3. The number of pyridine rings is 2. The highest BCUT2D eigenvalue weighted by Gasteiger charge is 2.20. The predicted molar refractivity (Wildman–Crippen MR) is 133 cm³/mol. The van der Waals surface area contributed by atoms with Gasteiger partial charge in [0.25, 0.3) is 5.91 Å². The van der Waals surface area contributed by atoms with Crippen LogP contribution in [0.15, 0.2) is 73.1 Å². The molecule has 0 aliphatic rings. The quantitative estimate of drug-likeness (QED) is 0.425. The maximum atomic E-state index is 13.4. The highest BCUT2D eigenvalue weighted by molar-refractivity contribution is 6.07. The molecule has 0 spiro atoms. The second-order valence-electron chi connectivity index (χ2n) is 8.11. The van der Waals surface area contributed by atoms with Crippen LogP contribution in [0.5, 0.6) is 11.5 Å². The number of para-hydroxylation sites is 1. The van der Waals surface area contributed by atoms with Gasteiger partial charge in [-0.2, -0.15) is 0 Å². The van der Waals surface area contributed by atoms with Crippen LogP contribution >= 0.6 is 0 Å². The maximum Gasteiger partial charge on any atom is 0.252 e. The van der Waals surface area contributed by atoms with Gasteiger partial charge in [0.2, 0.25) is 0 Å². The summed E-state index contributed by atoms with van der Waals surface area (Å²) in [5, 5.41) is 3.93. The lowest BCUT2D eigenvalue weighted by molar-refractivity contribution is 0.0943. The summed E-state index contributed by atoms with van der Waals surface area (Å²) in [6.45, 7) is 0.419. The summed E-state index contributed by atoms with van der Waals surface area (Å²) in [5.41, 5.74) is 4.01. The number of hydrogen-bond donors (Lipinski definition) is 1. The fourth-order valence-corrected chi connectivity index (χ4v) is 3.98. The normalized spacial score (nSPS) is 11.9. The number of rotatable bonds is 8. The Morgan fingerprint density at radius 1 is 0.971 bits per heavy atom. The van der Waals surface area contributed by atoms with Crippen molar-refractivity contribution in [2.75, 3.05) is 34.9 Å². The van der Waals surface area contributed by atoms with Gasteiger partial charge >= 0.3 is 0 Å². The number of methoxy groups -OCH3 is 2. The lowest BCUT2D eigenvalue weighted by Gasteiger charge is -2.26. The van der Waals surface area contributed by atoms with Crippen molar-refractivity contribution < 1.29 is 14.3 Å². The van der Waals surface area contributed by atoms with E-state index in [4.69, 9.17) is 14.5 Å². The Balaban J connectivity index is 1.63. The molecule has 1 atom stereocenters. The molecule has 0 saturated heterocycles. The zero-order valence-electron chi connectivity index (χ0n) is 19.8. The molecule has 34 heavy (non-hydrogen) atoms. The lowest BCUT2D eigenvalue weighted by atomic mass is 10.0. The summed E-state index contributed by atoms with van der Waals surface area (Å²) in [6, 6.07) is 19.0. The number of nitrogens with one attached hydrogen (secondary N) is 1. The van der Waals surface area contributed by atoms with Crippen LogP contribution in [0, 0.1) is 0 Å². The first-order valence-electron chi connectivity index (χ1n) is 11.0. The molecular formula is C27H28N4O3. The van der Waals surface area contributed by atoms with Gasteiger partial charge in [0.1, 0.15) is 0 Å². The molecule has 2 aromatic heterocycles. The molecule has 7 heteroatoms. The number of fused-ring (bicyclic) bond motifs is 1. The molecule has 174 valence electrons. The maximum absolute atomic E-state index is 13.4. The van der Waals surface area contributed by atoms with Crippen LogP contribution in [0.3, 0.4) is 0 Å². The van der Waals surface area contributed by atoms with Gasteiger partial charge in [-0.25, -0.2) is 4.98 Å². The largest absolute Gasteiger partial charge is 0.493 e. The molecule has 4 rings (SSSR count). The van der Waals surface area contributed by atoms with Crippen LogP contribution < -0.4 is 14.8 Å². The third-order valence-electron chi connectivity index (χ3n) is 5.81. The fourth-order valence-electron chi connectivity index (χ4n) is 3.98. The molecule has 7 nitrogen and oxygen atoms in total. The monoisotopic (exact) mass is 456 g/mol. The Morgan fingerprint density at radius 3 is 2.41 bits per heavy atom. The van der Waals surface area contributed by atoms with Gasteiger partial charge in [0, 0.05) is 29.9 Å². The number of aromatic nitrogens is 2. The molecule has 0 aliphatic heterocycles. The summed E-state index contributed by atoms with van der Waals surface area (Å²) in [6.07, 6.45) is 3.44. The van der Waals surface area contributed by atoms with E-state index >= 15 is 0 Å². The van der Waals surface area contributed by atoms with Gasteiger partial charge in [-0.05, 0) is 56.1 Å². The first-order valence-corrected chi connectivity index (χ1v) is 11.0. The van der Waals surface area contributed by atoms with Crippen molar-refractivity contribution in [1.82, 2.24) is 20.2 Å². The number of likely N-dealkylation sites (N-methyl/N-ethyl adjacent to an activating group) is 1. The van der Waals surface area contributed by atoms with E-state index in [2.05, 4.69) is 15.2 Å². The Kier molecular flexibility index (Phi) is 7.04. The molecule has 1 amide bonds. The van der Waals surface area contributed by atoms with Gasteiger partial charge in [-0.1, -0.05) is 24.3 Å². The van der Waals surface area contributed by atoms with Crippen molar-refractivity contribution in [2.24, 2.45) is 0 Å². The van der Waals surface area contributed by atoms with E-state index in [9.17, 15) is 4.79 Å². The Bertz CT molecular complexity index is 1290. The van der Waals surface area contributed by atoms with Crippen LogP contribution in [0.25, 0.3) is 22.2 Å². The zero-order valence-corrected chi connectivity index (χ0v) is 19.8. The average molecular weight is 457 g/mol. The zero-order chi connectivity index (χ0) is 24.1. The minimum absolute atomic E-state index is 0.0588. The van der Waals surface area contributed by atoms with E-state index in [1.54, 1.807) is 26.6 Å². The Labute approximate surface area is 199 Å². The number of carbonyl (C=O) groups excluding carboxylic acids is 1. The van der Waals surface area contributed by atoms with Crippen molar-refractivity contribution in [3.63, 3.8) is 0 Å². The van der Waals surface area contributed by atoms with Gasteiger partial charge in [-0.3, -0.25) is 9.78 Å². The third-order valence-corrected chi connectivity index (χ3v) is 5.81. The van der Waals surface area contributed by atoms with Crippen molar-refractivity contribution >= 4 is 16.8 Å². The Hall–Kier alpha value is -3.97. The van der Waals surface area contributed by atoms with Crippen LogP contribution in [-0.4, -0.2) is 55.6 Å². The third kappa shape index (κ3) is 4.84. The van der Waals surface area contributed by atoms with Crippen LogP contribution in [0.1, 0.15) is 22.0 Å². The molecule has 2 heterocycles. The van der Waals surface area contributed by atoms with Crippen LogP contribution in [-0.2, 0) is 0 Å². The van der Waals surface area contributed by atoms with E-state index in [1.807, 2.05) is 74.8 Å². The molecule has 0 saturated carbocycles. The minimum atomic E-state index is -0.152. The smallest absolute Gasteiger partial charge is 0.252 e. The molecule has 0 bridgehead atoms. The summed E-state index contributed by atoms with van der Waals surface area (Å²) >= 11 is 0. The number of benzene rings is 2. The summed E-state index contributed by atoms with van der Waals surface area (Å²) < 4.78 is 10.8. The van der Waals surface area contributed by atoms with Crippen molar-refractivity contribution in [3.05, 3.63) is 84.2 Å². The van der Waals surface area contributed by atoms with E-state index in [1.165, 1.54) is 0 Å². The van der Waals surface area contributed by atoms with Crippen molar-refractivity contribution in [3.8, 4) is 22.8 Å². The molecule has 4 aromatic rings. The molecule has 0 fully saturated rings. The van der Waals surface area contributed by atoms with Gasteiger partial charge in [0.15, 0.2) is 11.5 Å². The first-order chi connectivity index (χ1) is 16.5. The molecule has 1 N–H and O–H groups in total. The van der Waals surface area contributed by atoms with E-state index in [-0.39, 0.29) is 11.9 Å². The average Bonchev–Trinajstić information content (AvgIpc) is 2.88. The highest BCUT2D eigenvalue weighted by atomic mass is 16.5. The summed E-state index contributed by atoms with van der Waals surface area (Å²) in [7, 11) is 7.19. The fraction of sp³-hybridized carbons (Fsp3) is 0.222. The van der Waals surface area contributed by atoms with E-state index in [0.717, 1.165) is 27.7 Å². The molecule has 2 aromatic carbocycles. The predicted octanol–water partition coefficient (Wildman–Crippen LogP) is 4.35. The van der Waals surface area contributed by atoms with E-state index in [0.29, 0.717) is 23.6 Å². The van der Waals surface area contributed by atoms with Crippen LogP contribution in [0.4, 0.5) is 0 Å². The summed E-state index contributed by atoms with van der Waals surface area (Å²) in [5.74, 6) is 1.17. The number of ether oxygens (including phenoxy) is 2. The number of hydrogen-bond acceptors (Lipinski definition) is 6.